The Bertz CT molecular complexity index is 1990. The molecular weight excluding hydrogens is 801 g/mol. The highest BCUT2D eigenvalue weighted by molar-refractivity contribution is 7.99. The van der Waals surface area contributed by atoms with Crippen LogP contribution in [-0.4, -0.2) is 55.4 Å². The number of hydrogen-bond acceptors (Lipinski definition) is 7. The van der Waals surface area contributed by atoms with E-state index in [2.05, 4.69) is 134 Å². The lowest BCUT2D eigenvalue weighted by molar-refractivity contribution is -0.254. The number of hydrogen-bond donors (Lipinski definition) is 0. The summed E-state index contributed by atoms with van der Waals surface area (Å²) >= 11 is 1.75. The monoisotopic (exact) mass is 864 g/mol. The van der Waals surface area contributed by atoms with Crippen molar-refractivity contribution in [3.8, 4) is 0 Å². The highest BCUT2D eigenvalue weighted by atomic mass is 32.2. The van der Waals surface area contributed by atoms with Crippen molar-refractivity contribution in [2.75, 3.05) is 25.6 Å². The SMILES string of the molecule is CCS[C@H]1O[C@H](COCCCCCCCCOC(c2ccccc2)(c2ccccc2)c2ccccc2)[C@H](OCc2ccccc2)[C@H](OCc2ccccc2)[C@H]1OCc1ccccc1. The molecular formula is C56H64O6S. The van der Waals surface area contributed by atoms with Crippen LogP contribution < -0.4 is 0 Å². The van der Waals surface area contributed by atoms with Crippen LogP contribution in [0.25, 0.3) is 0 Å². The molecule has 1 fully saturated rings. The summed E-state index contributed by atoms with van der Waals surface area (Å²) in [6, 6.07) is 62.8. The molecule has 7 heteroatoms. The fourth-order valence-electron chi connectivity index (χ4n) is 8.38. The first kappa shape index (κ1) is 46.4. The summed E-state index contributed by atoms with van der Waals surface area (Å²) in [5, 5.41) is 0. The Morgan fingerprint density at radius 3 is 1.27 bits per heavy atom. The van der Waals surface area contributed by atoms with Gasteiger partial charge in [-0.1, -0.05) is 215 Å². The van der Waals surface area contributed by atoms with Crippen molar-refractivity contribution in [2.45, 2.75) is 101 Å². The molecule has 330 valence electrons. The van der Waals surface area contributed by atoms with Crippen LogP contribution in [0, 0.1) is 0 Å². The molecule has 0 amide bonds. The smallest absolute Gasteiger partial charge is 0.143 e. The Kier molecular flexibility index (Phi) is 18.9. The van der Waals surface area contributed by atoms with Gasteiger partial charge in [-0.15, -0.1) is 11.8 Å². The standard InChI is InChI=1S/C56H64O6S/c1-2-63-55-54(60-43-47-31-17-9-18-32-47)53(59-42-46-29-15-8-16-30-46)52(58-41-45-27-13-7-14-28-45)51(62-55)44-57-39-25-5-3-4-6-26-40-61-56(48-33-19-10-20-34-48,49-35-21-11-22-36-49)50-37-23-12-24-38-50/h7-24,27-38,51-55H,2-6,25-26,39-44H2,1H3/t51-,52+,53+,54-,55-/m1/s1. The summed E-state index contributed by atoms with van der Waals surface area (Å²) in [4.78, 5) is 0. The van der Waals surface area contributed by atoms with Gasteiger partial charge >= 0.3 is 0 Å². The molecule has 7 rings (SSSR count). The Morgan fingerprint density at radius 2 is 0.825 bits per heavy atom. The molecule has 0 aliphatic carbocycles. The average molecular weight is 865 g/mol. The van der Waals surface area contributed by atoms with E-state index < -0.39 is 11.7 Å². The fraction of sp³-hybridized carbons (Fsp3) is 0.357. The normalized spacial score (nSPS) is 18.9. The van der Waals surface area contributed by atoms with E-state index in [0.717, 1.165) is 77.7 Å². The highest BCUT2D eigenvalue weighted by Gasteiger charge is 2.48. The molecule has 6 aromatic rings. The zero-order chi connectivity index (χ0) is 43.2. The van der Waals surface area contributed by atoms with Crippen LogP contribution in [0.1, 0.15) is 78.8 Å². The van der Waals surface area contributed by atoms with Crippen molar-refractivity contribution in [3.05, 3.63) is 215 Å². The molecule has 0 aromatic heterocycles. The van der Waals surface area contributed by atoms with Gasteiger partial charge in [0, 0.05) is 13.2 Å². The van der Waals surface area contributed by atoms with E-state index in [4.69, 9.17) is 28.4 Å². The first-order valence-corrected chi connectivity index (χ1v) is 23.9. The Balaban J connectivity index is 0.931. The summed E-state index contributed by atoms with van der Waals surface area (Å²) in [5.74, 6) is 0.879. The predicted molar refractivity (Wildman–Crippen MR) is 256 cm³/mol. The van der Waals surface area contributed by atoms with E-state index in [-0.39, 0.29) is 23.7 Å². The summed E-state index contributed by atoms with van der Waals surface area (Å²) < 4.78 is 40.7. The maximum atomic E-state index is 7.00. The van der Waals surface area contributed by atoms with Gasteiger partial charge in [0.05, 0.1) is 26.4 Å². The zero-order valence-corrected chi connectivity index (χ0v) is 37.6. The number of unbranched alkanes of at least 4 members (excludes halogenated alkanes) is 5. The molecule has 5 atom stereocenters. The van der Waals surface area contributed by atoms with E-state index in [1.807, 2.05) is 54.6 Å². The summed E-state index contributed by atoms with van der Waals surface area (Å²) in [6.07, 6.45) is 5.03. The van der Waals surface area contributed by atoms with Crippen molar-refractivity contribution >= 4 is 11.8 Å². The number of ether oxygens (including phenoxy) is 6. The Morgan fingerprint density at radius 1 is 0.444 bits per heavy atom. The molecule has 1 aliphatic rings. The molecule has 0 saturated carbocycles. The Hall–Kier alpha value is -4.57. The van der Waals surface area contributed by atoms with Gasteiger partial charge < -0.3 is 28.4 Å². The molecule has 0 bridgehead atoms. The minimum absolute atomic E-state index is 0.244. The maximum Gasteiger partial charge on any atom is 0.143 e. The first-order chi connectivity index (χ1) is 31.2. The van der Waals surface area contributed by atoms with Gasteiger partial charge in [0.2, 0.25) is 0 Å². The Labute approximate surface area is 380 Å². The van der Waals surface area contributed by atoms with Crippen LogP contribution in [0.2, 0.25) is 0 Å². The third-order valence-electron chi connectivity index (χ3n) is 11.6. The van der Waals surface area contributed by atoms with Crippen molar-refractivity contribution in [2.24, 2.45) is 0 Å². The second kappa shape index (κ2) is 25.7. The van der Waals surface area contributed by atoms with Gasteiger partial charge in [-0.05, 0) is 52.0 Å². The minimum atomic E-state index is -0.672. The first-order valence-electron chi connectivity index (χ1n) is 22.9. The largest absolute Gasteiger partial charge is 0.379 e. The second-order valence-corrected chi connectivity index (χ2v) is 17.5. The lowest BCUT2D eigenvalue weighted by atomic mass is 9.80. The van der Waals surface area contributed by atoms with Crippen molar-refractivity contribution in [1.82, 2.24) is 0 Å². The minimum Gasteiger partial charge on any atom is -0.379 e. The molecule has 0 N–H and O–H groups in total. The van der Waals surface area contributed by atoms with Crippen molar-refractivity contribution in [3.63, 3.8) is 0 Å². The lowest BCUT2D eigenvalue weighted by Crippen LogP contribution is -2.60. The number of rotatable bonds is 26. The van der Waals surface area contributed by atoms with E-state index in [0.29, 0.717) is 39.6 Å². The van der Waals surface area contributed by atoms with Gasteiger partial charge in [0.15, 0.2) is 0 Å². The van der Waals surface area contributed by atoms with E-state index in [9.17, 15) is 0 Å². The average Bonchev–Trinajstić information content (AvgIpc) is 3.35. The number of thioether (sulfide) groups is 1. The molecule has 6 aromatic carbocycles. The molecule has 0 radical (unpaired) electrons. The maximum absolute atomic E-state index is 7.00. The van der Waals surface area contributed by atoms with Gasteiger partial charge in [-0.2, -0.15) is 0 Å². The molecule has 1 saturated heterocycles. The predicted octanol–water partition coefficient (Wildman–Crippen LogP) is 12.6. The van der Waals surface area contributed by atoms with Crippen LogP contribution in [0.3, 0.4) is 0 Å². The quantitative estimate of drug-likeness (QED) is 0.0398. The van der Waals surface area contributed by atoms with Gasteiger partial charge in [0.25, 0.3) is 0 Å². The van der Waals surface area contributed by atoms with Gasteiger partial charge in [-0.3, -0.25) is 0 Å². The zero-order valence-electron chi connectivity index (χ0n) is 36.8. The molecule has 1 heterocycles. The molecule has 0 unspecified atom stereocenters. The second-order valence-electron chi connectivity index (χ2n) is 16.1. The van der Waals surface area contributed by atoms with Gasteiger partial charge in [0.1, 0.15) is 35.5 Å². The molecule has 63 heavy (non-hydrogen) atoms. The van der Waals surface area contributed by atoms with Crippen LogP contribution in [0.15, 0.2) is 182 Å². The van der Waals surface area contributed by atoms with Crippen molar-refractivity contribution < 1.29 is 28.4 Å². The van der Waals surface area contributed by atoms with Crippen LogP contribution in [0.5, 0.6) is 0 Å². The van der Waals surface area contributed by atoms with E-state index in [1.54, 1.807) is 11.8 Å². The lowest BCUT2D eigenvalue weighted by Gasteiger charge is -2.46. The molecule has 0 spiro atoms. The van der Waals surface area contributed by atoms with Gasteiger partial charge in [-0.25, -0.2) is 0 Å². The summed E-state index contributed by atoms with van der Waals surface area (Å²) in [7, 11) is 0. The van der Waals surface area contributed by atoms with Crippen LogP contribution in [0.4, 0.5) is 0 Å². The molecule has 6 nitrogen and oxygen atoms in total. The highest BCUT2D eigenvalue weighted by Crippen LogP contribution is 2.41. The fourth-order valence-corrected chi connectivity index (χ4v) is 9.36. The third-order valence-corrected chi connectivity index (χ3v) is 12.6. The summed E-state index contributed by atoms with van der Waals surface area (Å²) in [6.45, 7) is 5.24. The topological polar surface area (TPSA) is 55.4 Å². The molecule has 1 aliphatic heterocycles. The third kappa shape index (κ3) is 13.5. The van der Waals surface area contributed by atoms with Crippen molar-refractivity contribution in [1.29, 1.82) is 0 Å². The summed E-state index contributed by atoms with van der Waals surface area (Å²) in [5.41, 5.74) is 5.81. The number of benzene rings is 6. The van der Waals surface area contributed by atoms with E-state index >= 15 is 0 Å². The van der Waals surface area contributed by atoms with Crippen LogP contribution >= 0.6 is 11.8 Å². The van der Waals surface area contributed by atoms with E-state index in [1.165, 1.54) is 0 Å². The van der Waals surface area contributed by atoms with Crippen LogP contribution in [-0.2, 0) is 53.8 Å².